The van der Waals surface area contributed by atoms with Crippen LogP contribution in [0.4, 0.5) is 8.78 Å². The lowest BCUT2D eigenvalue weighted by atomic mass is 10.0. The van der Waals surface area contributed by atoms with Gasteiger partial charge in [-0.05, 0) is 19.1 Å². The number of carbonyl (C=O) groups excluding carboxylic acids is 1. The molecular formula is C19H18F2N4O3. The van der Waals surface area contributed by atoms with E-state index in [1.807, 2.05) is 6.92 Å². The average molecular weight is 388 g/mol. The number of carbonyl (C=O) groups is 1. The molecule has 1 atom stereocenters. The summed E-state index contributed by atoms with van der Waals surface area (Å²) in [6, 6.07) is 2.14. The molecule has 0 saturated carbocycles. The third kappa shape index (κ3) is 3.18. The summed E-state index contributed by atoms with van der Waals surface area (Å²) in [4.78, 5) is 16.4. The maximum absolute atomic E-state index is 14.5. The highest BCUT2D eigenvalue weighted by Crippen LogP contribution is 2.31. The molecule has 0 aliphatic carbocycles. The number of ether oxygens (including phenoxy) is 2. The molecule has 0 spiro atoms. The topological polar surface area (TPSA) is 77.8 Å². The average Bonchev–Trinajstić information content (AvgIpc) is 3.33. The fourth-order valence-electron chi connectivity index (χ4n) is 3.12. The number of benzene rings is 1. The second-order valence-electron chi connectivity index (χ2n) is 6.56. The largest absolute Gasteiger partial charge is 0.472 e. The Morgan fingerprint density at radius 2 is 2.18 bits per heavy atom. The van der Waals surface area contributed by atoms with Crippen molar-refractivity contribution >= 4 is 11.6 Å². The van der Waals surface area contributed by atoms with Gasteiger partial charge < -0.3 is 14.8 Å². The van der Waals surface area contributed by atoms with Gasteiger partial charge in [0.15, 0.2) is 17.3 Å². The van der Waals surface area contributed by atoms with E-state index in [2.05, 4.69) is 15.4 Å². The van der Waals surface area contributed by atoms with Crippen molar-refractivity contribution in [3.05, 3.63) is 47.3 Å². The van der Waals surface area contributed by atoms with Crippen molar-refractivity contribution in [1.29, 1.82) is 0 Å². The second-order valence-corrected chi connectivity index (χ2v) is 6.56. The van der Waals surface area contributed by atoms with Gasteiger partial charge in [0.05, 0.1) is 19.4 Å². The molecular weight excluding hydrogens is 370 g/mol. The molecule has 1 fully saturated rings. The van der Waals surface area contributed by atoms with Gasteiger partial charge in [0, 0.05) is 41.9 Å². The van der Waals surface area contributed by atoms with Crippen LogP contribution in [-0.4, -0.2) is 46.9 Å². The molecule has 0 radical (unpaired) electrons. The summed E-state index contributed by atoms with van der Waals surface area (Å²) in [5, 5.41) is 6.58. The molecule has 1 amide bonds. The molecule has 1 aromatic carbocycles. The van der Waals surface area contributed by atoms with Gasteiger partial charge in [0.25, 0.3) is 5.91 Å². The zero-order valence-corrected chi connectivity index (χ0v) is 15.3. The van der Waals surface area contributed by atoms with E-state index < -0.39 is 17.5 Å². The highest BCUT2D eigenvalue weighted by Gasteiger charge is 2.22. The Morgan fingerprint density at radius 1 is 1.36 bits per heavy atom. The monoisotopic (exact) mass is 388 g/mol. The molecule has 1 saturated heterocycles. The van der Waals surface area contributed by atoms with Gasteiger partial charge >= 0.3 is 0 Å². The lowest BCUT2D eigenvalue weighted by molar-refractivity contribution is 0.0962. The van der Waals surface area contributed by atoms with Gasteiger partial charge in [-0.1, -0.05) is 0 Å². The summed E-state index contributed by atoms with van der Waals surface area (Å²) in [6.45, 7) is 2.93. The molecule has 4 rings (SSSR count). The number of rotatable bonds is 4. The van der Waals surface area contributed by atoms with Crippen LogP contribution in [0.15, 0.2) is 24.5 Å². The molecule has 28 heavy (non-hydrogen) atoms. The van der Waals surface area contributed by atoms with Crippen molar-refractivity contribution < 1.29 is 23.0 Å². The lowest BCUT2D eigenvalue weighted by Crippen LogP contribution is -2.18. The molecule has 1 aliphatic heterocycles. The first-order valence-electron chi connectivity index (χ1n) is 8.79. The van der Waals surface area contributed by atoms with Crippen LogP contribution in [0.3, 0.4) is 0 Å². The van der Waals surface area contributed by atoms with Crippen molar-refractivity contribution in [2.45, 2.75) is 19.4 Å². The van der Waals surface area contributed by atoms with Crippen LogP contribution in [0.1, 0.15) is 22.3 Å². The van der Waals surface area contributed by atoms with Crippen molar-refractivity contribution in [3.8, 4) is 17.0 Å². The van der Waals surface area contributed by atoms with Crippen LogP contribution < -0.4 is 10.1 Å². The molecule has 3 aromatic rings. The SMILES string of the molecule is CNC(=O)c1cc(F)c(F)c(-c2cnn3cc(C)c(O[C@H]4CCOC4)nc23)c1. The number of halogens is 2. The van der Waals surface area contributed by atoms with Crippen LogP contribution in [0.5, 0.6) is 5.88 Å². The number of nitrogens with zero attached hydrogens (tertiary/aromatic N) is 3. The maximum atomic E-state index is 14.5. The first kappa shape index (κ1) is 18.3. The molecule has 146 valence electrons. The van der Waals surface area contributed by atoms with E-state index in [1.54, 1.807) is 6.20 Å². The third-order valence-corrected chi connectivity index (χ3v) is 4.60. The van der Waals surface area contributed by atoms with E-state index in [4.69, 9.17) is 9.47 Å². The predicted molar refractivity (Wildman–Crippen MR) is 96.3 cm³/mol. The normalized spacial score (nSPS) is 16.5. The lowest BCUT2D eigenvalue weighted by Gasteiger charge is -2.13. The quantitative estimate of drug-likeness (QED) is 0.743. The molecule has 1 aliphatic rings. The summed E-state index contributed by atoms with van der Waals surface area (Å²) in [5.41, 5.74) is 1.21. The Bertz CT molecular complexity index is 1060. The molecule has 0 bridgehead atoms. The van der Waals surface area contributed by atoms with E-state index in [0.717, 1.165) is 18.1 Å². The van der Waals surface area contributed by atoms with E-state index in [0.29, 0.717) is 24.7 Å². The number of fused-ring (bicyclic) bond motifs is 1. The predicted octanol–water partition coefficient (Wildman–Crippen LogP) is 2.51. The summed E-state index contributed by atoms with van der Waals surface area (Å²) in [5.74, 6) is -2.34. The number of hydrogen-bond acceptors (Lipinski definition) is 5. The van der Waals surface area contributed by atoms with E-state index in [9.17, 15) is 13.6 Å². The zero-order valence-electron chi connectivity index (χ0n) is 15.3. The summed E-state index contributed by atoms with van der Waals surface area (Å²) in [7, 11) is 1.42. The maximum Gasteiger partial charge on any atom is 0.251 e. The molecule has 0 unspecified atom stereocenters. The molecule has 7 nitrogen and oxygen atoms in total. The second kappa shape index (κ2) is 7.16. The minimum absolute atomic E-state index is 0.00226. The van der Waals surface area contributed by atoms with Crippen LogP contribution >= 0.6 is 0 Å². The van der Waals surface area contributed by atoms with Gasteiger partial charge in [-0.3, -0.25) is 4.79 Å². The fraction of sp³-hybridized carbons (Fsp3) is 0.316. The standard InChI is InChI=1S/C19H18F2N4O3/c1-10-8-25-17(24-19(10)28-12-3-4-27-9-12)14(7-23-25)13-5-11(18(26)22-2)6-15(20)16(13)21/h5-8,12H,3-4,9H2,1-2H3,(H,22,26)/t12-/m0/s1. The van der Waals surface area contributed by atoms with Crippen molar-refractivity contribution in [3.63, 3.8) is 0 Å². The molecule has 1 N–H and O–H groups in total. The third-order valence-electron chi connectivity index (χ3n) is 4.60. The zero-order chi connectivity index (χ0) is 19.8. The van der Waals surface area contributed by atoms with Gasteiger partial charge in [-0.25, -0.2) is 13.3 Å². The minimum atomic E-state index is -1.12. The van der Waals surface area contributed by atoms with Crippen molar-refractivity contribution in [2.24, 2.45) is 0 Å². The highest BCUT2D eigenvalue weighted by atomic mass is 19.2. The Kier molecular flexibility index (Phi) is 4.68. The molecule has 3 heterocycles. The summed E-state index contributed by atoms with van der Waals surface area (Å²) < 4.78 is 41.3. The Balaban J connectivity index is 1.83. The van der Waals surface area contributed by atoms with Crippen LogP contribution in [0.25, 0.3) is 16.8 Å². The highest BCUT2D eigenvalue weighted by molar-refractivity contribution is 5.96. The summed E-state index contributed by atoms with van der Waals surface area (Å²) >= 11 is 0. The number of amides is 1. The first-order chi connectivity index (χ1) is 13.5. The van der Waals surface area contributed by atoms with Gasteiger partial charge in [0.1, 0.15) is 6.10 Å². The molecule has 9 heteroatoms. The fourth-order valence-corrected chi connectivity index (χ4v) is 3.12. The van der Waals surface area contributed by atoms with E-state index >= 15 is 0 Å². The van der Waals surface area contributed by atoms with Gasteiger partial charge in [-0.2, -0.15) is 10.1 Å². The number of aryl methyl sites for hydroxylation is 1. The minimum Gasteiger partial charge on any atom is -0.472 e. The van der Waals surface area contributed by atoms with Crippen molar-refractivity contribution in [2.75, 3.05) is 20.3 Å². The first-order valence-corrected chi connectivity index (χ1v) is 8.79. The number of hydrogen-bond donors (Lipinski definition) is 1. The van der Waals surface area contributed by atoms with E-state index in [1.165, 1.54) is 23.8 Å². The van der Waals surface area contributed by atoms with Crippen LogP contribution in [0, 0.1) is 18.6 Å². The van der Waals surface area contributed by atoms with Crippen LogP contribution in [0.2, 0.25) is 0 Å². The Hall–Kier alpha value is -3.07. The van der Waals surface area contributed by atoms with Crippen molar-refractivity contribution in [1.82, 2.24) is 19.9 Å². The number of aromatic nitrogens is 3. The van der Waals surface area contributed by atoms with Gasteiger partial charge in [0.2, 0.25) is 5.88 Å². The van der Waals surface area contributed by atoms with E-state index in [-0.39, 0.29) is 22.8 Å². The van der Waals surface area contributed by atoms with Gasteiger partial charge in [-0.15, -0.1) is 0 Å². The summed E-state index contributed by atoms with van der Waals surface area (Å²) in [6.07, 6.45) is 3.74. The number of nitrogens with one attached hydrogen (secondary N) is 1. The smallest absolute Gasteiger partial charge is 0.251 e. The Morgan fingerprint density at radius 3 is 2.89 bits per heavy atom. The van der Waals surface area contributed by atoms with Crippen LogP contribution in [-0.2, 0) is 4.74 Å². The molecule has 2 aromatic heterocycles. The Labute approximate surface area is 159 Å².